The summed E-state index contributed by atoms with van der Waals surface area (Å²) in [6.45, 7) is 9.91. The zero-order chi connectivity index (χ0) is 29.3. The van der Waals surface area contributed by atoms with Gasteiger partial charge in [0.15, 0.2) is 5.82 Å². The number of piperidine rings is 1. The van der Waals surface area contributed by atoms with Crippen LogP contribution in [0.2, 0.25) is 0 Å². The monoisotopic (exact) mass is 562 g/mol. The molecule has 2 saturated heterocycles. The molecule has 2 aliphatic heterocycles. The number of aromatic hydroxyl groups is 3. The summed E-state index contributed by atoms with van der Waals surface area (Å²) in [7, 11) is 0. The van der Waals surface area contributed by atoms with E-state index >= 15 is 0 Å². The molecule has 4 N–H and O–H groups in total. The van der Waals surface area contributed by atoms with Crippen LogP contribution in [0.4, 0.5) is 0 Å². The lowest BCUT2D eigenvalue weighted by Crippen LogP contribution is -2.56. The normalized spacial score (nSPS) is 16.6. The molecule has 2 fully saturated rings. The first kappa shape index (κ1) is 28.4. The van der Waals surface area contributed by atoms with Gasteiger partial charge in [-0.3, -0.25) is 14.5 Å². The van der Waals surface area contributed by atoms with Crippen molar-refractivity contribution in [1.29, 1.82) is 0 Å². The van der Waals surface area contributed by atoms with Crippen LogP contribution in [0.3, 0.4) is 0 Å². The average molecular weight is 563 g/mol. The van der Waals surface area contributed by atoms with E-state index in [0.717, 1.165) is 51.1 Å². The number of nitrogens with one attached hydrogen (secondary N) is 1. The number of hydrogen-bond acceptors (Lipinski definition) is 8. The highest BCUT2D eigenvalue weighted by Gasteiger charge is 2.35. The molecule has 218 valence electrons. The number of carbonyl (C=O) groups excluding carboxylic acids is 2. The van der Waals surface area contributed by atoms with Crippen LogP contribution in [0.15, 0.2) is 36.4 Å². The van der Waals surface area contributed by atoms with E-state index in [1.165, 1.54) is 17.6 Å². The first-order valence-corrected chi connectivity index (χ1v) is 14.2. The zero-order valence-electron chi connectivity index (χ0n) is 23.7. The summed E-state index contributed by atoms with van der Waals surface area (Å²) in [4.78, 5) is 28.2. The molecule has 11 heteroatoms. The third kappa shape index (κ3) is 6.14. The molecule has 0 aliphatic carbocycles. The van der Waals surface area contributed by atoms with Crippen LogP contribution in [0.25, 0.3) is 17.1 Å². The van der Waals surface area contributed by atoms with Crippen LogP contribution in [0, 0.1) is 11.8 Å². The van der Waals surface area contributed by atoms with Crippen LogP contribution in [0.5, 0.6) is 17.5 Å². The fourth-order valence-electron chi connectivity index (χ4n) is 5.70. The molecule has 0 unspecified atom stereocenters. The van der Waals surface area contributed by atoms with Gasteiger partial charge in [0.25, 0.3) is 0 Å². The highest BCUT2D eigenvalue weighted by Crippen LogP contribution is 2.39. The lowest BCUT2D eigenvalue weighted by molar-refractivity contribution is -0.143. The molecule has 0 spiro atoms. The predicted octanol–water partition coefficient (Wildman–Crippen LogP) is 2.98. The fourth-order valence-corrected chi connectivity index (χ4v) is 5.70. The quantitative estimate of drug-likeness (QED) is 0.328. The van der Waals surface area contributed by atoms with Gasteiger partial charge in [-0.2, -0.15) is 0 Å². The predicted molar refractivity (Wildman–Crippen MR) is 153 cm³/mol. The smallest absolute Gasteiger partial charge is 0.319 e. The first-order valence-electron chi connectivity index (χ1n) is 14.2. The molecule has 2 aliphatic rings. The molecule has 0 bridgehead atoms. The van der Waals surface area contributed by atoms with E-state index in [4.69, 9.17) is 0 Å². The Kier molecular flexibility index (Phi) is 8.16. The fraction of sp³-hybridized carbons (Fsp3) is 0.467. The SMILES string of the molecule is CC(=O)NCC1CN(C(=O)C2CCN(Cc3ccc(-n4c(O)nnc4-c4cc(C(C)C)c(O)cc4O)cc3)CC2)C1. The van der Waals surface area contributed by atoms with Crippen molar-refractivity contribution in [2.24, 2.45) is 11.8 Å². The third-order valence-electron chi connectivity index (χ3n) is 8.10. The van der Waals surface area contributed by atoms with E-state index in [0.29, 0.717) is 29.3 Å². The number of rotatable bonds is 8. The van der Waals surface area contributed by atoms with Crippen LogP contribution in [-0.4, -0.2) is 84.4 Å². The van der Waals surface area contributed by atoms with Crippen LogP contribution in [-0.2, 0) is 16.1 Å². The van der Waals surface area contributed by atoms with Crippen LogP contribution in [0.1, 0.15) is 50.7 Å². The standard InChI is InChI=1S/C30H38N6O5/c1-18(2)24-12-25(27(39)13-26(24)38)28-32-33-30(41)36(28)23-6-4-20(5-7-23)15-34-10-8-22(9-11-34)29(40)35-16-21(17-35)14-31-19(3)37/h4-7,12-13,18,21-22,38-39H,8-11,14-17H2,1-3H3,(H,31,37)(H,33,41). The second-order valence-electron chi connectivity index (χ2n) is 11.5. The Morgan fingerprint density at radius 3 is 2.32 bits per heavy atom. The third-order valence-corrected chi connectivity index (χ3v) is 8.10. The summed E-state index contributed by atoms with van der Waals surface area (Å²) in [6, 6.07) is 10.4. The lowest BCUT2D eigenvalue weighted by Gasteiger charge is -2.42. The second kappa shape index (κ2) is 11.8. The number of phenols is 2. The van der Waals surface area contributed by atoms with Gasteiger partial charge >= 0.3 is 6.01 Å². The second-order valence-corrected chi connectivity index (χ2v) is 11.5. The number of carbonyl (C=O) groups is 2. The van der Waals surface area contributed by atoms with Crippen molar-refractivity contribution in [3.63, 3.8) is 0 Å². The molecular formula is C30H38N6O5. The van der Waals surface area contributed by atoms with Gasteiger partial charge in [0.1, 0.15) is 11.5 Å². The lowest BCUT2D eigenvalue weighted by atomic mass is 9.91. The number of amides is 2. The van der Waals surface area contributed by atoms with Gasteiger partial charge in [0.05, 0.1) is 11.3 Å². The minimum Gasteiger partial charge on any atom is -0.508 e. The van der Waals surface area contributed by atoms with Crippen molar-refractivity contribution in [2.75, 3.05) is 32.7 Å². The highest BCUT2D eigenvalue weighted by atomic mass is 16.3. The minimum absolute atomic E-state index is 0.00201. The van der Waals surface area contributed by atoms with Gasteiger partial charge in [-0.25, -0.2) is 4.57 Å². The van der Waals surface area contributed by atoms with E-state index in [1.807, 2.05) is 43.0 Å². The van der Waals surface area contributed by atoms with E-state index < -0.39 is 0 Å². The Balaban J connectivity index is 1.19. The minimum atomic E-state index is -0.304. The van der Waals surface area contributed by atoms with Crippen molar-refractivity contribution >= 4 is 11.8 Å². The van der Waals surface area contributed by atoms with Gasteiger partial charge in [-0.05, 0) is 61.2 Å². The maximum absolute atomic E-state index is 12.9. The number of phenolic OH excluding ortho intramolecular Hbond substituents is 2. The van der Waals surface area contributed by atoms with Gasteiger partial charge in [0, 0.05) is 51.0 Å². The Labute approximate surface area is 239 Å². The number of likely N-dealkylation sites (tertiary alicyclic amines) is 2. The van der Waals surface area contributed by atoms with E-state index in [1.54, 1.807) is 6.07 Å². The van der Waals surface area contributed by atoms with Gasteiger partial charge in [-0.1, -0.05) is 31.1 Å². The average Bonchev–Trinajstić information content (AvgIpc) is 3.29. The molecular weight excluding hydrogens is 524 g/mol. The zero-order valence-corrected chi connectivity index (χ0v) is 23.7. The summed E-state index contributed by atoms with van der Waals surface area (Å²) in [6.07, 6.45) is 1.66. The summed E-state index contributed by atoms with van der Waals surface area (Å²) >= 11 is 0. The number of aromatic nitrogens is 3. The van der Waals surface area contributed by atoms with Crippen molar-refractivity contribution in [1.82, 2.24) is 29.9 Å². The van der Waals surface area contributed by atoms with E-state index in [2.05, 4.69) is 20.4 Å². The summed E-state index contributed by atoms with van der Waals surface area (Å²) in [5.74, 6) is 0.742. The molecule has 0 atom stereocenters. The van der Waals surface area contributed by atoms with E-state index in [-0.39, 0.29) is 47.0 Å². The van der Waals surface area contributed by atoms with Crippen LogP contribution < -0.4 is 5.32 Å². The van der Waals surface area contributed by atoms with Gasteiger partial charge < -0.3 is 25.5 Å². The molecule has 2 aromatic carbocycles. The summed E-state index contributed by atoms with van der Waals surface area (Å²) in [5, 5.41) is 42.0. The maximum Gasteiger partial charge on any atom is 0.319 e. The molecule has 0 radical (unpaired) electrons. The molecule has 3 aromatic rings. The molecule has 3 heterocycles. The van der Waals surface area contributed by atoms with E-state index in [9.17, 15) is 24.9 Å². The highest BCUT2D eigenvalue weighted by molar-refractivity contribution is 5.80. The Bertz CT molecular complexity index is 1410. The van der Waals surface area contributed by atoms with Crippen LogP contribution >= 0.6 is 0 Å². The molecule has 5 rings (SSSR count). The van der Waals surface area contributed by atoms with Crippen molar-refractivity contribution in [2.45, 2.75) is 46.1 Å². The molecule has 1 aromatic heterocycles. The number of benzene rings is 2. The summed E-state index contributed by atoms with van der Waals surface area (Å²) in [5.41, 5.74) is 2.76. The molecule has 0 saturated carbocycles. The molecule has 2 amide bonds. The molecule has 11 nitrogen and oxygen atoms in total. The van der Waals surface area contributed by atoms with Gasteiger partial charge in [-0.15, -0.1) is 5.10 Å². The van der Waals surface area contributed by atoms with Crippen molar-refractivity contribution in [3.8, 4) is 34.6 Å². The maximum atomic E-state index is 12.9. The number of hydrogen-bond donors (Lipinski definition) is 4. The Hall–Kier alpha value is -4.12. The molecule has 41 heavy (non-hydrogen) atoms. The van der Waals surface area contributed by atoms with Crippen molar-refractivity contribution < 1.29 is 24.9 Å². The van der Waals surface area contributed by atoms with Gasteiger partial charge in [0.2, 0.25) is 11.8 Å². The largest absolute Gasteiger partial charge is 0.508 e. The topological polar surface area (TPSA) is 144 Å². The Morgan fingerprint density at radius 1 is 1.00 bits per heavy atom. The Morgan fingerprint density at radius 2 is 1.68 bits per heavy atom. The summed E-state index contributed by atoms with van der Waals surface area (Å²) < 4.78 is 1.47. The first-order chi connectivity index (χ1) is 19.6. The number of nitrogens with zero attached hydrogens (tertiary/aromatic N) is 5. The van der Waals surface area contributed by atoms with Crippen molar-refractivity contribution in [3.05, 3.63) is 47.5 Å².